The molecule has 1 aromatic carbocycles. The fourth-order valence-electron chi connectivity index (χ4n) is 1.74. The van der Waals surface area contributed by atoms with Gasteiger partial charge < -0.3 is 19.9 Å². The van der Waals surface area contributed by atoms with Crippen LogP contribution in [-0.4, -0.2) is 41.2 Å². The zero-order valence-corrected chi connectivity index (χ0v) is 13.2. The van der Waals surface area contributed by atoms with Crippen LogP contribution in [0.1, 0.15) is 31.1 Å². The molecule has 0 aliphatic heterocycles. The number of aromatic carboxylic acids is 1. The average molecular weight is 326 g/mol. The number of ether oxygens (including phenoxy) is 2. The number of hydrogen-bond acceptors (Lipinski definition) is 7. The molecule has 0 aromatic heterocycles. The number of rotatable bonds is 6. The summed E-state index contributed by atoms with van der Waals surface area (Å²) in [5.41, 5.74) is -1.48. The number of carbonyl (C=O) groups excluding carboxylic acids is 1. The molecule has 0 amide bonds. The number of nitrogens with one attached hydrogen (secondary N) is 1. The van der Waals surface area contributed by atoms with E-state index in [2.05, 4.69) is 5.32 Å². The number of methoxy groups -OCH3 is 1. The molecule has 2 N–H and O–H groups in total. The van der Waals surface area contributed by atoms with E-state index in [0.717, 1.165) is 12.1 Å². The molecular weight excluding hydrogens is 308 g/mol. The zero-order chi connectivity index (χ0) is 17.8. The number of carboxylic acids is 1. The van der Waals surface area contributed by atoms with E-state index < -0.39 is 28.2 Å². The first kappa shape index (κ1) is 18.2. The molecule has 9 nitrogen and oxygen atoms in total. The number of carboxylic acid groups (broad SMARTS) is 1. The summed E-state index contributed by atoms with van der Waals surface area (Å²) in [5.74, 6) is -2.08. The van der Waals surface area contributed by atoms with Crippen molar-refractivity contribution in [3.05, 3.63) is 27.8 Å². The fraction of sp³-hybridized carbons (Fsp3) is 0.429. The highest BCUT2D eigenvalue weighted by Gasteiger charge is 2.23. The van der Waals surface area contributed by atoms with E-state index in [1.165, 1.54) is 7.11 Å². The van der Waals surface area contributed by atoms with Crippen LogP contribution in [0.4, 0.5) is 11.4 Å². The SMILES string of the molecule is COc1cc([N+](=O)[O-])c(NCC(=O)OC(C)(C)C)cc1C(=O)O. The Labute approximate surface area is 132 Å². The summed E-state index contributed by atoms with van der Waals surface area (Å²) >= 11 is 0. The molecule has 0 heterocycles. The monoisotopic (exact) mass is 326 g/mol. The number of anilines is 1. The summed E-state index contributed by atoms with van der Waals surface area (Å²) in [6, 6.07) is 2.03. The first-order valence-corrected chi connectivity index (χ1v) is 6.60. The third kappa shape index (κ3) is 5.13. The molecule has 0 saturated carbocycles. The lowest BCUT2D eigenvalue weighted by molar-refractivity contribution is -0.384. The lowest BCUT2D eigenvalue weighted by Crippen LogP contribution is -2.28. The van der Waals surface area contributed by atoms with E-state index in [1.807, 2.05) is 0 Å². The van der Waals surface area contributed by atoms with Crippen LogP contribution in [0.25, 0.3) is 0 Å². The highest BCUT2D eigenvalue weighted by atomic mass is 16.6. The number of nitro benzene ring substituents is 1. The van der Waals surface area contributed by atoms with Crippen molar-refractivity contribution >= 4 is 23.3 Å². The minimum Gasteiger partial charge on any atom is -0.496 e. The second kappa shape index (κ2) is 6.95. The predicted octanol–water partition coefficient (Wildman–Crippen LogP) is 2.06. The Hall–Kier alpha value is -2.84. The maximum atomic E-state index is 11.7. The third-order valence-corrected chi connectivity index (χ3v) is 2.59. The summed E-state index contributed by atoms with van der Waals surface area (Å²) in [7, 11) is 1.21. The van der Waals surface area contributed by atoms with Crippen LogP contribution in [0.5, 0.6) is 5.75 Å². The minimum atomic E-state index is -1.31. The Bertz CT molecular complexity index is 635. The Morgan fingerprint density at radius 3 is 2.39 bits per heavy atom. The van der Waals surface area contributed by atoms with Gasteiger partial charge in [-0.25, -0.2) is 4.79 Å². The van der Waals surface area contributed by atoms with Crippen LogP contribution in [0, 0.1) is 10.1 Å². The molecule has 0 unspecified atom stereocenters. The highest BCUT2D eigenvalue weighted by molar-refractivity contribution is 5.94. The quantitative estimate of drug-likeness (QED) is 0.462. The molecule has 0 fully saturated rings. The Kier molecular flexibility index (Phi) is 5.50. The van der Waals surface area contributed by atoms with Gasteiger partial charge in [0.05, 0.1) is 18.1 Å². The lowest BCUT2D eigenvalue weighted by Gasteiger charge is -2.19. The summed E-state index contributed by atoms with van der Waals surface area (Å²) in [6.07, 6.45) is 0. The lowest BCUT2D eigenvalue weighted by atomic mass is 10.1. The maximum Gasteiger partial charge on any atom is 0.339 e. The molecule has 1 aromatic rings. The summed E-state index contributed by atoms with van der Waals surface area (Å²) in [5, 5.41) is 22.7. The summed E-state index contributed by atoms with van der Waals surface area (Å²) in [6.45, 7) is 4.71. The Morgan fingerprint density at radius 2 is 1.96 bits per heavy atom. The highest BCUT2D eigenvalue weighted by Crippen LogP contribution is 2.32. The van der Waals surface area contributed by atoms with Crippen LogP contribution in [0.2, 0.25) is 0 Å². The number of carbonyl (C=O) groups is 2. The standard InChI is InChI=1S/C14H18N2O7/c1-14(2,3)23-12(17)7-15-9-5-8(13(18)19)11(22-4)6-10(9)16(20)21/h5-6,15H,7H2,1-4H3,(H,18,19). The topological polar surface area (TPSA) is 128 Å². The first-order valence-electron chi connectivity index (χ1n) is 6.60. The van der Waals surface area contributed by atoms with E-state index in [9.17, 15) is 19.7 Å². The van der Waals surface area contributed by atoms with Crippen LogP contribution < -0.4 is 10.1 Å². The number of hydrogen-bond donors (Lipinski definition) is 2. The van der Waals surface area contributed by atoms with Gasteiger partial charge >= 0.3 is 11.9 Å². The molecular formula is C14H18N2O7. The normalized spacial score (nSPS) is 10.8. The van der Waals surface area contributed by atoms with Crippen molar-refractivity contribution in [2.45, 2.75) is 26.4 Å². The molecule has 0 atom stereocenters. The van der Waals surface area contributed by atoms with E-state index in [-0.39, 0.29) is 23.5 Å². The Morgan fingerprint density at radius 1 is 1.35 bits per heavy atom. The second-order valence-electron chi connectivity index (χ2n) is 5.57. The second-order valence-corrected chi connectivity index (χ2v) is 5.57. The molecule has 0 spiro atoms. The molecule has 0 aliphatic carbocycles. The van der Waals surface area contributed by atoms with Crippen molar-refractivity contribution in [1.29, 1.82) is 0 Å². The van der Waals surface area contributed by atoms with Gasteiger partial charge in [0.15, 0.2) is 0 Å². The van der Waals surface area contributed by atoms with E-state index >= 15 is 0 Å². The van der Waals surface area contributed by atoms with Gasteiger partial charge in [-0.3, -0.25) is 14.9 Å². The molecule has 0 aliphatic rings. The van der Waals surface area contributed by atoms with Crippen molar-refractivity contribution < 1.29 is 29.1 Å². The van der Waals surface area contributed by atoms with Crippen molar-refractivity contribution in [2.24, 2.45) is 0 Å². The first-order chi connectivity index (χ1) is 10.5. The summed E-state index contributed by atoms with van der Waals surface area (Å²) in [4.78, 5) is 33.2. The van der Waals surface area contributed by atoms with Gasteiger partial charge in [0.2, 0.25) is 0 Å². The third-order valence-electron chi connectivity index (χ3n) is 2.59. The zero-order valence-electron chi connectivity index (χ0n) is 13.2. The average Bonchev–Trinajstić information content (AvgIpc) is 2.41. The van der Waals surface area contributed by atoms with Gasteiger partial charge in [0, 0.05) is 0 Å². The molecule has 0 radical (unpaired) electrons. The van der Waals surface area contributed by atoms with Crippen molar-refractivity contribution in [1.82, 2.24) is 0 Å². The van der Waals surface area contributed by atoms with Crippen LogP contribution in [0.3, 0.4) is 0 Å². The van der Waals surface area contributed by atoms with Gasteiger partial charge in [0.1, 0.15) is 29.1 Å². The Balaban J connectivity index is 3.09. The van der Waals surface area contributed by atoms with Crippen molar-refractivity contribution in [3.8, 4) is 5.75 Å². The van der Waals surface area contributed by atoms with Crippen LogP contribution in [-0.2, 0) is 9.53 Å². The van der Waals surface area contributed by atoms with Crippen LogP contribution >= 0.6 is 0 Å². The van der Waals surface area contributed by atoms with Gasteiger partial charge in [0.25, 0.3) is 5.69 Å². The number of nitro groups is 1. The molecule has 23 heavy (non-hydrogen) atoms. The molecule has 1 rings (SSSR count). The number of nitrogens with zero attached hydrogens (tertiary/aromatic N) is 1. The minimum absolute atomic E-state index is 0.112. The van der Waals surface area contributed by atoms with Crippen LogP contribution in [0.15, 0.2) is 12.1 Å². The van der Waals surface area contributed by atoms with Crippen molar-refractivity contribution in [2.75, 3.05) is 19.0 Å². The molecule has 0 bridgehead atoms. The number of benzene rings is 1. The van der Waals surface area contributed by atoms with Gasteiger partial charge in [-0.15, -0.1) is 0 Å². The van der Waals surface area contributed by atoms with E-state index in [0.29, 0.717) is 0 Å². The molecule has 9 heteroatoms. The largest absolute Gasteiger partial charge is 0.496 e. The van der Waals surface area contributed by atoms with Gasteiger partial charge in [-0.1, -0.05) is 0 Å². The smallest absolute Gasteiger partial charge is 0.339 e. The maximum absolute atomic E-state index is 11.7. The predicted molar refractivity (Wildman–Crippen MR) is 80.9 cm³/mol. The number of esters is 1. The van der Waals surface area contributed by atoms with E-state index in [4.69, 9.17) is 14.6 Å². The molecule has 0 saturated heterocycles. The van der Waals surface area contributed by atoms with E-state index in [1.54, 1.807) is 20.8 Å². The molecule has 126 valence electrons. The van der Waals surface area contributed by atoms with Crippen molar-refractivity contribution in [3.63, 3.8) is 0 Å². The van der Waals surface area contributed by atoms with Gasteiger partial charge in [-0.05, 0) is 26.8 Å². The summed E-state index contributed by atoms with van der Waals surface area (Å²) < 4.78 is 9.91. The fourth-order valence-corrected chi connectivity index (χ4v) is 1.74. The van der Waals surface area contributed by atoms with Gasteiger partial charge in [-0.2, -0.15) is 0 Å².